The van der Waals surface area contributed by atoms with Crippen LogP contribution in [0.2, 0.25) is 0 Å². The summed E-state index contributed by atoms with van der Waals surface area (Å²) < 4.78 is 26.1. The summed E-state index contributed by atoms with van der Waals surface area (Å²) in [5, 5.41) is 4.77. The van der Waals surface area contributed by atoms with Gasteiger partial charge in [0.25, 0.3) is 0 Å². The first-order chi connectivity index (χ1) is 17.9. The number of anilines is 1. The molecule has 0 aliphatic carbocycles. The highest BCUT2D eigenvalue weighted by Crippen LogP contribution is 2.43. The molecule has 11 heteroatoms. The molecule has 0 spiro atoms. The van der Waals surface area contributed by atoms with Crippen molar-refractivity contribution in [3.63, 3.8) is 0 Å². The van der Waals surface area contributed by atoms with Crippen LogP contribution < -0.4 is 10.6 Å². The van der Waals surface area contributed by atoms with E-state index in [1.165, 1.54) is 6.26 Å². The average Bonchev–Trinajstić information content (AvgIpc) is 3.55. The Morgan fingerprint density at radius 3 is 2.74 bits per heavy atom. The number of hydrogen-bond acceptors (Lipinski definition) is 8. The summed E-state index contributed by atoms with van der Waals surface area (Å²) in [5.41, 5.74) is 9.40. The van der Waals surface area contributed by atoms with Gasteiger partial charge < -0.3 is 15.5 Å². The normalized spacial score (nSPS) is 22.7. The third-order valence-electron chi connectivity index (χ3n) is 8.19. The number of hydrogen-bond donors (Lipinski definition) is 1. The number of carbonyl (C=O) groups excluding carboxylic acids is 1. The monoisotopic (exact) mass is 539 g/mol. The number of fused-ring (bicyclic) bond motifs is 2. The molecule has 2 aromatic heterocycles. The minimum Gasteiger partial charge on any atom is -0.355 e. The molecular formula is C27H37N7O3S. The van der Waals surface area contributed by atoms with Crippen molar-refractivity contribution in [2.45, 2.75) is 50.9 Å². The van der Waals surface area contributed by atoms with E-state index in [0.717, 1.165) is 47.7 Å². The van der Waals surface area contributed by atoms with Gasteiger partial charge in [-0.25, -0.2) is 17.9 Å². The molecule has 1 saturated heterocycles. The fraction of sp³-hybridized carbons (Fsp3) is 0.519. The van der Waals surface area contributed by atoms with Crippen molar-refractivity contribution in [1.29, 1.82) is 0 Å². The first kappa shape index (κ1) is 26.6. The molecule has 1 unspecified atom stereocenters. The quantitative estimate of drug-likeness (QED) is 0.484. The zero-order valence-corrected chi connectivity index (χ0v) is 23.6. The molecule has 3 aromatic rings. The largest absolute Gasteiger partial charge is 0.355 e. The van der Waals surface area contributed by atoms with Crippen LogP contribution in [0.4, 0.5) is 5.82 Å². The summed E-state index contributed by atoms with van der Waals surface area (Å²) in [6.45, 7) is 6.20. The van der Waals surface area contributed by atoms with Crippen molar-refractivity contribution in [1.82, 2.24) is 24.4 Å². The van der Waals surface area contributed by atoms with E-state index >= 15 is 0 Å². The second-order valence-corrected chi connectivity index (χ2v) is 13.2. The Balaban J connectivity index is 1.48. The van der Waals surface area contributed by atoms with Gasteiger partial charge in [-0.1, -0.05) is 24.3 Å². The number of rotatable bonds is 7. The Morgan fingerprint density at radius 1 is 1.32 bits per heavy atom. The highest BCUT2D eigenvalue weighted by Gasteiger charge is 2.51. The molecule has 1 aromatic carbocycles. The molecular weight excluding hydrogens is 502 g/mol. The molecule has 5 rings (SSSR count). The number of amides is 1. The van der Waals surface area contributed by atoms with Gasteiger partial charge in [0.2, 0.25) is 5.91 Å². The molecule has 1 fully saturated rings. The average molecular weight is 540 g/mol. The summed E-state index contributed by atoms with van der Waals surface area (Å²) in [5.74, 6) is 0.687. The lowest BCUT2D eigenvalue weighted by Crippen LogP contribution is -2.53. The molecule has 10 nitrogen and oxygen atoms in total. The molecule has 3 atom stereocenters. The maximum Gasteiger partial charge on any atom is 0.248 e. The number of nitrogens with zero attached hydrogens (tertiary/aromatic N) is 6. The Bertz CT molecular complexity index is 1490. The fourth-order valence-electron chi connectivity index (χ4n) is 5.89. The van der Waals surface area contributed by atoms with Crippen molar-refractivity contribution >= 4 is 27.2 Å². The van der Waals surface area contributed by atoms with Gasteiger partial charge in [0.1, 0.15) is 21.2 Å². The topological polar surface area (TPSA) is 117 Å². The van der Waals surface area contributed by atoms with E-state index in [4.69, 9.17) is 15.8 Å². The standard InChI is InChI=1S/C27H37N7O3S/c1-18-15-34-24(29-25(18)33-12-10-21(28)17-33)14-23(30-34)19(2)32(4)26(35)27(11-13-38(5,36)37)22-9-7-6-8-20(22)16-31(27)3/h6-9,14-15,19,21H,10-13,16-17,28H2,1-5H3/t19-,21-,27?/m0/s1. The van der Waals surface area contributed by atoms with Crippen LogP contribution in [0.15, 0.2) is 36.5 Å². The maximum absolute atomic E-state index is 14.3. The van der Waals surface area contributed by atoms with E-state index in [9.17, 15) is 13.2 Å². The summed E-state index contributed by atoms with van der Waals surface area (Å²) >= 11 is 0. The van der Waals surface area contributed by atoms with Crippen LogP contribution in [-0.2, 0) is 26.7 Å². The summed E-state index contributed by atoms with van der Waals surface area (Å²) in [6.07, 6.45) is 4.31. The Kier molecular flexibility index (Phi) is 6.73. The van der Waals surface area contributed by atoms with E-state index in [0.29, 0.717) is 12.2 Å². The van der Waals surface area contributed by atoms with Crippen molar-refractivity contribution in [3.05, 3.63) is 58.9 Å². The van der Waals surface area contributed by atoms with Crippen molar-refractivity contribution in [2.24, 2.45) is 5.73 Å². The van der Waals surface area contributed by atoms with Crippen LogP contribution >= 0.6 is 0 Å². The first-order valence-electron chi connectivity index (χ1n) is 13.0. The number of nitrogens with two attached hydrogens (primary N) is 1. The molecule has 2 aliphatic rings. The Hall–Kier alpha value is -3.02. The summed E-state index contributed by atoms with van der Waals surface area (Å²) in [6, 6.07) is 9.53. The van der Waals surface area contributed by atoms with Crippen molar-refractivity contribution < 1.29 is 13.2 Å². The number of aryl methyl sites for hydroxylation is 1. The minimum atomic E-state index is -3.28. The molecule has 2 aliphatic heterocycles. The van der Waals surface area contributed by atoms with Crippen LogP contribution in [0, 0.1) is 6.92 Å². The van der Waals surface area contributed by atoms with E-state index in [1.54, 1.807) is 16.5 Å². The van der Waals surface area contributed by atoms with Crippen LogP contribution in [0.1, 0.15) is 48.2 Å². The maximum atomic E-state index is 14.3. The predicted octanol–water partition coefficient (Wildman–Crippen LogP) is 1.87. The minimum absolute atomic E-state index is 0.0832. The molecule has 0 saturated carbocycles. The van der Waals surface area contributed by atoms with Crippen LogP contribution in [0.3, 0.4) is 0 Å². The number of carbonyl (C=O) groups is 1. The smallest absolute Gasteiger partial charge is 0.248 e. The molecule has 1 amide bonds. The fourth-order valence-corrected chi connectivity index (χ4v) is 6.56. The molecule has 2 N–H and O–H groups in total. The van der Waals surface area contributed by atoms with Gasteiger partial charge in [-0.3, -0.25) is 9.69 Å². The van der Waals surface area contributed by atoms with Gasteiger partial charge in [0, 0.05) is 56.8 Å². The number of likely N-dealkylation sites (N-methyl/N-ethyl adjacent to an activating group) is 2. The highest BCUT2D eigenvalue weighted by molar-refractivity contribution is 7.90. The second-order valence-electron chi connectivity index (χ2n) is 11.0. The SMILES string of the molecule is Cc1cn2nc([C@H](C)N(C)C(=O)C3(CCS(C)(=O)=O)c4ccccc4CN3C)cc2nc1N1CC[C@H](N)C1. The summed E-state index contributed by atoms with van der Waals surface area (Å²) in [7, 11) is 0.382. The van der Waals surface area contributed by atoms with Crippen LogP contribution in [-0.4, -0.2) is 84.0 Å². The third kappa shape index (κ3) is 4.56. The molecule has 38 heavy (non-hydrogen) atoms. The second kappa shape index (κ2) is 9.62. The van der Waals surface area contributed by atoms with Gasteiger partial charge in [-0.05, 0) is 44.9 Å². The van der Waals surface area contributed by atoms with E-state index < -0.39 is 15.4 Å². The van der Waals surface area contributed by atoms with Gasteiger partial charge in [-0.15, -0.1) is 0 Å². The van der Waals surface area contributed by atoms with Gasteiger partial charge >= 0.3 is 0 Å². The third-order valence-corrected chi connectivity index (χ3v) is 9.13. The van der Waals surface area contributed by atoms with E-state index in [1.807, 2.05) is 62.3 Å². The van der Waals surface area contributed by atoms with Crippen LogP contribution in [0.25, 0.3) is 5.65 Å². The predicted molar refractivity (Wildman–Crippen MR) is 148 cm³/mol. The molecule has 204 valence electrons. The molecule has 0 radical (unpaired) electrons. The van der Waals surface area contributed by atoms with E-state index in [2.05, 4.69) is 4.90 Å². The Morgan fingerprint density at radius 2 is 2.05 bits per heavy atom. The molecule has 0 bridgehead atoms. The lowest BCUT2D eigenvalue weighted by atomic mass is 9.85. The van der Waals surface area contributed by atoms with Crippen molar-refractivity contribution in [2.75, 3.05) is 44.1 Å². The van der Waals surface area contributed by atoms with Gasteiger partial charge in [0.05, 0.1) is 17.5 Å². The number of sulfone groups is 1. The number of benzene rings is 1. The highest BCUT2D eigenvalue weighted by atomic mass is 32.2. The van der Waals surface area contributed by atoms with E-state index in [-0.39, 0.29) is 30.2 Å². The number of aromatic nitrogens is 3. The zero-order chi connectivity index (χ0) is 27.4. The lowest BCUT2D eigenvalue weighted by molar-refractivity contribution is -0.145. The Labute approximate surface area is 224 Å². The first-order valence-corrected chi connectivity index (χ1v) is 15.1. The zero-order valence-electron chi connectivity index (χ0n) is 22.8. The summed E-state index contributed by atoms with van der Waals surface area (Å²) in [4.78, 5) is 25.1. The molecule has 4 heterocycles. The lowest BCUT2D eigenvalue weighted by Gasteiger charge is -2.40. The van der Waals surface area contributed by atoms with Gasteiger partial charge in [-0.2, -0.15) is 5.10 Å². The van der Waals surface area contributed by atoms with Crippen LogP contribution in [0.5, 0.6) is 0 Å². The van der Waals surface area contributed by atoms with Gasteiger partial charge in [0.15, 0.2) is 5.65 Å². The van der Waals surface area contributed by atoms with Crippen molar-refractivity contribution in [3.8, 4) is 0 Å².